The van der Waals surface area contributed by atoms with Gasteiger partial charge in [-0.25, -0.2) is 4.39 Å². The SMILES string of the molecule is N#CC(N)c1ccc(F)cc1. The summed E-state index contributed by atoms with van der Waals surface area (Å²) in [4.78, 5) is 0. The topological polar surface area (TPSA) is 49.8 Å². The minimum absolute atomic E-state index is 0.320. The fourth-order valence-electron chi connectivity index (χ4n) is 0.745. The van der Waals surface area contributed by atoms with Crippen molar-refractivity contribution >= 4 is 0 Å². The van der Waals surface area contributed by atoms with Gasteiger partial charge in [0.05, 0.1) is 6.07 Å². The lowest BCUT2D eigenvalue weighted by atomic mass is 10.1. The normalized spacial score (nSPS) is 12.1. The Bertz CT molecular complexity index is 273. The monoisotopic (exact) mass is 150 g/mol. The lowest BCUT2D eigenvalue weighted by molar-refractivity contribution is 0.626. The highest BCUT2D eigenvalue weighted by atomic mass is 19.1. The Kier molecular flexibility index (Phi) is 2.19. The van der Waals surface area contributed by atoms with Crippen molar-refractivity contribution in [3.63, 3.8) is 0 Å². The molecule has 2 nitrogen and oxygen atoms in total. The van der Waals surface area contributed by atoms with E-state index in [0.717, 1.165) is 0 Å². The third-order valence-electron chi connectivity index (χ3n) is 1.37. The summed E-state index contributed by atoms with van der Waals surface area (Å²) < 4.78 is 12.3. The number of nitrogens with two attached hydrogens (primary N) is 1. The van der Waals surface area contributed by atoms with Crippen molar-refractivity contribution in [3.8, 4) is 6.07 Å². The Hall–Kier alpha value is -1.40. The summed E-state index contributed by atoms with van der Waals surface area (Å²) in [7, 11) is 0. The molecule has 0 saturated heterocycles. The third-order valence-corrected chi connectivity index (χ3v) is 1.37. The molecular weight excluding hydrogens is 143 g/mol. The van der Waals surface area contributed by atoms with Crippen LogP contribution in [0, 0.1) is 17.1 Å². The van der Waals surface area contributed by atoms with E-state index in [0.29, 0.717) is 5.56 Å². The van der Waals surface area contributed by atoms with Crippen LogP contribution in [-0.4, -0.2) is 0 Å². The van der Waals surface area contributed by atoms with Gasteiger partial charge < -0.3 is 5.73 Å². The van der Waals surface area contributed by atoms with Crippen LogP contribution in [0.1, 0.15) is 11.6 Å². The van der Waals surface area contributed by atoms with Gasteiger partial charge >= 0.3 is 0 Å². The summed E-state index contributed by atoms with van der Waals surface area (Å²) in [5.74, 6) is -0.320. The maximum atomic E-state index is 12.3. The van der Waals surface area contributed by atoms with Crippen LogP contribution in [0.4, 0.5) is 4.39 Å². The highest BCUT2D eigenvalue weighted by Gasteiger charge is 2.02. The Morgan fingerprint density at radius 2 is 1.91 bits per heavy atom. The van der Waals surface area contributed by atoms with Gasteiger partial charge in [0.25, 0.3) is 0 Å². The van der Waals surface area contributed by atoms with Crippen molar-refractivity contribution < 1.29 is 4.39 Å². The molecule has 2 N–H and O–H groups in total. The predicted molar refractivity (Wildman–Crippen MR) is 38.9 cm³/mol. The molecule has 0 bridgehead atoms. The maximum absolute atomic E-state index is 12.3. The van der Waals surface area contributed by atoms with Crippen LogP contribution in [0.2, 0.25) is 0 Å². The molecule has 3 heteroatoms. The molecule has 0 heterocycles. The average molecular weight is 150 g/mol. The third kappa shape index (κ3) is 1.76. The van der Waals surface area contributed by atoms with Gasteiger partial charge in [-0.3, -0.25) is 0 Å². The molecule has 0 spiro atoms. The van der Waals surface area contributed by atoms with Crippen molar-refractivity contribution in [2.24, 2.45) is 5.73 Å². The van der Waals surface area contributed by atoms with Crippen LogP contribution in [0.25, 0.3) is 0 Å². The first-order valence-electron chi connectivity index (χ1n) is 3.14. The molecule has 1 atom stereocenters. The van der Waals surface area contributed by atoms with E-state index in [1.807, 2.05) is 6.07 Å². The largest absolute Gasteiger partial charge is 0.312 e. The van der Waals surface area contributed by atoms with Gasteiger partial charge in [-0.05, 0) is 17.7 Å². The molecule has 0 amide bonds. The molecule has 0 aliphatic carbocycles. The second-order valence-corrected chi connectivity index (χ2v) is 2.16. The van der Waals surface area contributed by atoms with Crippen molar-refractivity contribution in [1.29, 1.82) is 5.26 Å². The molecule has 0 aliphatic heterocycles. The van der Waals surface area contributed by atoms with E-state index >= 15 is 0 Å². The number of benzene rings is 1. The zero-order valence-corrected chi connectivity index (χ0v) is 5.79. The second kappa shape index (κ2) is 3.13. The molecule has 0 saturated carbocycles. The summed E-state index contributed by atoms with van der Waals surface area (Å²) in [5, 5.41) is 8.39. The Morgan fingerprint density at radius 3 is 2.36 bits per heavy atom. The van der Waals surface area contributed by atoms with Crippen LogP contribution < -0.4 is 5.73 Å². The van der Waals surface area contributed by atoms with Crippen LogP contribution in [-0.2, 0) is 0 Å². The van der Waals surface area contributed by atoms with Gasteiger partial charge in [0.15, 0.2) is 0 Å². The smallest absolute Gasteiger partial charge is 0.123 e. The van der Waals surface area contributed by atoms with E-state index in [1.54, 1.807) is 0 Å². The van der Waals surface area contributed by atoms with E-state index in [4.69, 9.17) is 11.0 Å². The number of hydrogen-bond acceptors (Lipinski definition) is 2. The summed E-state index contributed by atoms with van der Waals surface area (Å²) in [6.07, 6.45) is 0. The van der Waals surface area contributed by atoms with Gasteiger partial charge in [0.2, 0.25) is 0 Å². The summed E-state index contributed by atoms with van der Waals surface area (Å²) in [5.41, 5.74) is 5.99. The van der Waals surface area contributed by atoms with Crippen LogP contribution in [0.3, 0.4) is 0 Å². The number of nitrogens with zero attached hydrogens (tertiary/aromatic N) is 1. The Labute approximate surface area is 64.1 Å². The summed E-state index contributed by atoms with van der Waals surface area (Å²) in [6.45, 7) is 0. The molecule has 0 aromatic heterocycles. The lowest BCUT2D eigenvalue weighted by Gasteiger charge is -2.00. The maximum Gasteiger partial charge on any atom is 0.123 e. The second-order valence-electron chi connectivity index (χ2n) is 2.16. The standard InChI is InChI=1S/C8H7FN2/c9-7-3-1-6(2-4-7)8(11)5-10/h1-4,8H,11H2. The predicted octanol–water partition coefficient (Wildman–Crippen LogP) is 1.35. The zero-order valence-electron chi connectivity index (χ0n) is 5.79. The fraction of sp³-hybridized carbons (Fsp3) is 0.125. The van der Waals surface area contributed by atoms with E-state index in [2.05, 4.69) is 0 Å². The fourth-order valence-corrected chi connectivity index (χ4v) is 0.745. The Morgan fingerprint density at radius 1 is 1.36 bits per heavy atom. The highest BCUT2D eigenvalue weighted by molar-refractivity contribution is 5.23. The first-order valence-corrected chi connectivity index (χ1v) is 3.14. The van der Waals surface area contributed by atoms with Crippen LogP contribution in [0.15, 0.2) is 24.3 Å². The van der Waals surface area contributed by atoms with E-state index in [1.165, 1.54) is 24.3 Å². The number of rotatable bonds is 1. The molecule has 1 aromatic carbocycles. The van der Waals surface area contributed by atoms with E-state index in [9.17, 15) is 4.39 Å². The average Bonchev–Trinajstić information content (AvgIpc) is 2.05. The summed E-state index contributed by atoms with van der Waals surface area (Å²) >= 11 is 0. The molecule has 1 rings (SSSR count). The van der Waals surface area contributed by atoms with E-state index in [-0.39, 0.29) is 5.82 Å². The minimum atomic E-state index is -0.657. The van der Waals surface area contributed by atoms with Crippen molar-refractivity contribution in [1.82, 2.24) is 0 Å². The quantitative estimate of drug-likeness (QED) is 0.656. The van der Waals surface area contributed by atoms with Crippen molar-refractivity contribution in [3.05, 3.63) is 35.6 Å². The number of halogens is 1. The number of nitriles is 1. The molecule has 56 valence electrons. The van der Waals surface area contributed by atoms with Crippen LogP contribution >= 0.6 is 0 Å². The number of hydrogen-bond donors (Lipinski definition) is 1. The van der Waals surface area contributed by atoms with Crippen molar-refractivity contribution in [2.75, 3.05) is 0 Å². The molecule has 11 heavy (non-hydrogen) atoms. The first kappa shape index (κ1) is 7.70. The van der Waals surface area contributed by atoms with Gasteiger partial charge in [0, 0.05) is 0 Å². The summed E-state index contributed by atoms with van der Waals surface area (Å²) in [6, 6.07) is 6.77. The molecular formula is C8H7FN2. The zero-order chi connectivity index (χ0) is 8.27. The van der Waals surface area contributed by atoms with Gasteiger partial charge in [-0.15, -0.1) is 0 Å². The minimum Gasteiger partial charge on any atom is -0.312 e. The van der Waals surface area contributed by atoms with Gasteiger partial charge in [0.1, 0.15) is 11.9 Å². The lowest BCUT2D eigenvalue weighted by Crippen LogP contribution is -2.06. The Balaban J connectivity index is 2.92. The first-order chi connectivity index (χ1) is 5.24. The molecule has 0 fully saturated rings. The van der Waals surface area contributed by atoms with Gasteiger partial charge in [-0.2, -0.15) is 5.26 Å². The molecule has 1 unspecified atom stereocenters. The molecule has 0 radical (unpaired) electrons. The van der Waals surface area contributed by atoms with Gasteiger partial charge in [-0.1, -0.05) is 12.1 Å². The van der Waals surface area contributed by atoms with Crippen LogP contribution in [0.5, 0.6) is 0 Å². The van der Waals surface area contributed by atoms with Crippen molar-refractivity contribution in [2.45, 2.75) is 6.04 Å². The highest BCUT2D eigenvalue weighted by Crippen LogP contribution is 2.09. The molecule has 1 aromatic rings. The molecule has 0 aliphatic rings. The van der Waals surface area contributed by atoms with E-state index < -0.39 is 6.04 Å².